The van der Waals surface area contributed by atoms with Gasteiger partial charge in [-0.05, 0) is 36.8 Å². The molecule has 0 bridgehead atoms. The first kappa shape index (κ1) is 18.1. The Labute approximate surface area is 146 Å². The van der Waals surface area contributed by atoms with E-state index in [0.29, 0.717) is 22.2 Å². The lowest BCUT2D eigenvalue weighted by molar-refractivity contribution is -0.115. The number of rotatable bonds is 7. The molecule has 0 saturated heterocycles. The first-order valence-electron chi connectivity index (χ1n) is 7.54. The van der Waals surface area contributed by atoms with Gasteiger partial charge < -0.3 is 20.1 Å². The second-order valence-corrected chi connectivity index (χ2v) is 5.70. The third-order valence-corrected chi connectivity index (χ3v) is 3.87. The Bertz CT molecular complexity index is 689. The SMILES string of the molecule is COc1ccc(NC(=O)CN[C@@H](C)c2ccc(Cl)cc2)c(OC)c1. The van der Waals surface area contributed by atoms with Crippen LogP contribution in [-0.4, -0.2) is 26.7 Å². The molecule has 0 radical (unpaired) electrons. The summed E-state index contributed by atoms with van der Waals surface area (Å²) < 4.78 is 10.4. The Balaban J connectivity index is 1.92. The quantitative estimate of drug-likeness (QED) is 0.802. The van der Waals surface area contributed by atoms with Crippen molar-refractivity contribution in [3.8, 4) is 11.5 Å². The minimum atomic E-state index is -0.153. The smallest absolute Gasteiger partial charge is 0.238 e. The van der Waals surface area contributed by atoms with Gasteiger partial charge >= 0.3 is 0 Å². The second-order valence-electron chi connectivity index (χ2n) is 5.27. The van der Waals surface area contributed by atoms with E-state index in [4.69, 9.17) is 21.1 Å². The molecule has 2 aromatic carbocycles. The van der Waals surface area contributed by atoms with Crippen molar-refractivity contribution in [1.29, 1.82) is 0 Å². The molecule has 5 nitrogen and oxygen atoms in total. The maximum absolute atomic E-state index is 12.1. The summed E-state index contributed by atoms with van der Waals surface area (Å²) in [6.45, 7) is 2.17. The molecule has 24 heavy (non-hydrogen) atoms. The van der Waals surface area contributed by atoms with Crippen LogP contribution in [0.15, 0.2) is 42.5 Å². The normalized spacial score (nSPS) is 11.7. The highest BCUT2D eigenvalue weighted by atomic mass is 35.5. The molecule has 0 aromatic heterocycles. The number of carbonyl (C=O) groups excluding carboxylic acids is 1. The summed E-state index contributed by atoms with van der Waals surface area (Å²) >= 11 is 5.88. The Morgan fingerprint density at radius 2 is 1.83 bits per heavy atom. The van der Waals surface area contributed by atoms with Crippen LogP contribution >= 0.6 is 11.6 Å². The van der Waals surface area contributed by atoms with Crippen molar-refractivity contribution in [1.82, 2.24) is 5.32 Å². The predicted molar refractivity (Wildman–Crippen MR) is 96.0 cm³/mol. The van der Waals surface area contributed by atoms with Crippen molar-refractivity contribution in [3.63, 3.8) is 0 Å². The summed E-state index contributed by atoms with van der Waals surface area (Å²) in [5.41, 5.74) is 1.67. The third kappa shape index (κ3) is 4.88. The fraction of sp³-hybridized carbons (Fsp3) is 0.278. The number of methoxy groups -OCH3 is 2. The lowest BCUT2D eigenvalue weighted by atomic mass is 10.1. The molecular weight excluding hydrogens is 328 g/mol. The molecule has 128 valence electrons. The first-order chi connectivity index (χ1) is 11.5. The van der Waals surface area contributed by atoms with Crippen molar-refractivity contribution in [3.05, 3.63) is 53.1 Å². The average molecular weight is 349 g/mol. The molecule has 6 heteroatoms. The van der Waals surface area contributed by atoms with Gasteiger partial charge in [0.1, 0.15) is 11.5 Å². The van der Waals surface area contributed by atoms with Crippen molar-refractivity contribution in [2.75, 3.05) is 26.1 Å². The summed E-state index contributed by atoms with van der Waals surface area (Å²) in [5, 5.41) is 6.69. The molecule has 0 heterocycles. The zero-order valence-electron chi connectivity index (χ0n) is 13.9. The molecule has 0 aliphatic heterocycles. The largest absolute Gasteiger partial charge is 0.497 e. The number of anilines is 1. The molecule has 0 saturated carbocycles. The van der Waals surface area contributed by atoms with E-state index in [2.05, 4.69) is 10.6 Å². The van der Waals surface area contributed by atoms with Crippen molar-refractivity contribution in [2.24, 2.45) is 0 Å². The maximum Gasteiger partial charge on any atom is 0.238 e. The monoisotopic (exact) mass is 348 g/mol. The Kier molecular flexibility index (Phi) is 6.46. The van der Waals surface area contributed by atoms with Crippen LogP contribution < -0.4 is 20.1 Å². The van der Waals surface area contributed by atoms with Gasteiger partial charge in [0, 0.05) is 17.1 Å². The molecule has 1 atom stereocenters. The van der Waals surface area contributed by atoms with E-state index in [1.165, 1.54) is 0 Å². The van der Waals surface area contributed by atoms with E-state index in [9.17, 15) is 4.79 Å². The molecule has 2 rings (SSSR count). The fourth-order valence-corrected chi connectivity index (χ4v) is 2.34. The van der Waals surface area contributed by atoms with Crippen LogP contribution in [0.1, 0.15) is 18.5 Å². The standard InChI is InChI=1S/C18H21ClN2O3/c1-12(13-4-6-14(19)7-5-13)20-11-18(22)21-16-9-8-15(23-2)10-17(16)24-3/h4-10,12,20H,11H2,1-3H3,(H,21,22)/t12-/m0/s1. The van der Waals surface area contributed by atoms with Crippen LogP contribution in [0.4, 0.5) is 5.69 Å². The molecule has 0 aliphatic carbocycles. The van der Waals surface area contributed by atoms with Crippen LogP contribution in [0, 0.1) is 0 Å². The Morgan fingerprint density at radius 3 is 2.46 bits per heavy atom. The lowest BCUT2D eigenvalue weighted by Crippen LogP contribution is -2.30. The zero-order chi connectivity index (χ0) is 17.5. The number of ether oxygens (including phenoxy) is 2. The number of benzene rings is 2. The van der Waals surface area contributed by atoms with Gasteiger partial charge in [0.15, 0.2) is 0 Å². The van der Waals surface area contributed by atoms with Crippen LogP contribution in [0.3, 0.4) is 0 Å². The van der Waals surface area contributed by atoms with Crippen LogP contribution in [0.25, 0.3) is 0 Å². The predicted octanol–water partition coefficient (Wildman–Crippen LogP) is 3.65. The number of hydrogen-bond acceptors (Lipinski definition) is 4. The summed E-state index contributed by atoms with van der Waals surface area (Å²) in [4.78, 5) is 12.1. The lowest BCUT2D eigenvalue weighted by Gasteiger charge is -2.15. The minimum absolute atomic E-state index is 0.0331. The minimum Gasteiger partial charge on any atom is -0.497 e. The van der Waals surface area contributed by atoms with E-state index in [1.54, 1.807) is 32.4 Å². The van der Waals surface area contributed by atoms with E-state index < -0.39 is 0 Å². The molecule has 0 spiro atoms. The van der Waals surface area contributed by atoms with Gasteiger partial charge in [-0.3, -0.25) is 4.79 Å². The third-order valence-electron chi connectivity index (χ3n) is 3.62. The van der Waals surface area contributed by atoms with E-state index in [1.807, 2.05) is 31.2 Å². The zero-order valence-corrected chi connectivity index (χ0v) is 14.7. The summed E-state index contributed by atoms with van der Waals surface area (Å²) in [6, 6.07) is 12.8. The van der Waals surface area contributed by atoms with Gasteiger partial charge in [0.25, 0.3) is 0 Å². The molecule has 0 unspecified atom stereocenters. The van der Waals surface area contributed by atoms with Crippen LogP contribution in [-0.2, 0) is 4.79 Å². The number of carbonyl (C=O) groups is 1. The van der Waals surface area contributed by atoms with Crippen molar-refractivity contribution in [2.45, 2.75) is 13.0 Å². The number of nitrogens with one attached hydrogen (secondary N) is 2. The average Bonchev–Trinajstić information content (AvgIpc) is 2.60. The summed E-state index contributed by atoms with van der Waals surface area (Å²) in [7, 11) is 3.13. The van der Waals surface area contributed by atoms with Gasteiger partial charge in [0.05, 0.1) is 26.5 Å². The highest BCUT2D eigenvalue weighted by molar-refractivity contribution is 6.30. The molecular formula is C18H21ClN2O3. The molecule has 0 fully saturated rings. The summed E-state index contributed by atoms with van der Waals surface area (Å²) in [5.74, 6) is 1.06. The van der Waals surface area contributed by atoms with Gasteiger partial charge in [-0.1, -0.05) is 23.7 Å². The van der Waals surface area contributed by atoms with Crippen molar-refractivity contribution < 1.29 is 14.3 Å². The van der Waals surface area contributed by atoms with Crippen molar-refractivity contribution >= 4 is 23.2 Å². The molecule has 1 amide bonds. The van der Waals surface area contributed by atoms with Crippen LogP contribution in [0.2, 0.25) is 5.02 Å². The van der Waals surface area contributed by atoms with E-state index in [0.717, 1.165) is 5.56 Å². The van der Waals surface area contributed by atoms with E-state index >= 15 is 0 Å². The molecule has 0 aliphatic rings. The maximum atomic E-state index is 12.1. The molecule has 2 aromatic rings. The topological polar surface area (TPSA) is 59.6 Å². The number of hydrogen-bond donors (Lipinski definition) is 2. The Hall–Kier alpha value is -2.24. The summed E-state index contributed by atoms with van der Waals surface area (Å²) in [6.07, 6.45) is 0. The highest BCUT2D eigenvalue weighted by Gasteiger charge is 2.11. The highest BCUT2D eigenvalue weighted by Crippen LogP contribution is 2.28. The first-order valence-corrected chi connectivity index (χ1v) is 7.92. The fourth-order valence-electron chi connectivity index (χ4n) is 2.21. The Morgan fingerprint density at radius 1 is 1.12 bits per heavy atom. The molecule has 2 N–H and O–H groups in total. The number of halogens is 1. The number of amides is 1. The van der Waals surface area contributed by atoms with Crippen LogP contribution in [0.5, 0.6) is 11.5 Å². The van der Waals surface area contributed by atoms with Gasteiger partial charge in [-0.25, -0.2) is 0 Å². The van der Waals surface area contributed by atoms with Gasteiger partial charge in [-0.2, -0.15) is 0 Å². The second kappa shape index (κ2) is 8.57. The van der Waals surface area contributed by atoms with E-state index in [-0.39, 0.29) is 18.5 Å². The van der Waals surface area contributed by atoms with Gasteiger partial charge in [0.2, 0.25) is 5.91 Å². The van der Waals surface area contributed by atoms with Gasteiger partial charge in [-0.15, -0.1) is 0 Å².